The van der Waals surface area contributed by atoms with E-state index in [4.69, 9.17) is 4.74 Å². The summed E-state index contributed by atoms with van der Waals surface area (Å²) in [5.74, 6) is 0.472. The van der Waals surface area contributed by atoms with Crippen LogP contribution in [0.3, 0.4) is 0 Å². The Labute approximate surface area is 155 Å². The number of benzene rings is 1. The summed E-state index contributed by atoms with van der Waals surface area (Å²) in [4.78, 5) is 26.8. The van der Waals surface area contributed by atoms with E-state index in [0.717, 1.165) is 50.8 Å². The second-order valence-corrected chi connectivity index (χ2v) is 9.22. The highest BCUT2D eigenvalue weighted by molar-refractivity contribution is 5.94. The van der Waals surface area contributed by atoms with Gasteiger partial charge in [-0.1, -0.05) is 6.07 Å². The number of carbonyl (C=O) groups excluding carboxylic acids is 2. The van der Waals surface area contributed by atoms with Gasteiger partial charge in [0, 0.05) is 25.1 Å². The van der Waals surface area contributed by atoms with Gasteiger partial charge in [-0.15, -0.1) is 0 Å². The summed E-state index contributed by atoms with van der Waals surface area (Å²) in [6, 6.07) is 6.25. The molecule has 2 aliphatic carbocycles. The highest BCUT2D eigenvalue weighted by Gasteiger charge is 2.58. The Hall–Kier alpha value is -1.84. The second-order valence-electron chi connectivity index (χ2n) is 9.22. The van der Waals surface area contributed by atoms with Crippen LogP contribution < -0.4 is 0 Å². The fourth-order valence-electron chi connectivity index (χ4n) is 4.88. The molecule has 4 nitrogen and oxygen atoms in total. The Morgan fingerprint density at radius 1 is 1.23 bits per heavy atom. The zero-order chi connectivity index (χ0) is 18.5. The lowest BCUT2D eigenvalue weighted by molar-refractivity contribution is -0.155. The number of hydrogen-bond acceptors (Lipinski definition) is 3. The normalized spacial score (nSPS) is 26.9. The highest BCUT2D eigenvalue weighted by Crippen LogP contribution is 2.63. The Morgan fingerprint density at radius 3 is 2.65 bits per heavy atom. The van der Waals surface area contributed by atoms with E-state index >= 15 is 0 Å². The average molecular weight is 355 g/mol. The number of aryl methyl sites for hydroxylation is 1. The van der Waals surface area contributed by atoms with E-state index in [0.29, 0.717) is 12.3 Å². The van der Waals surface area contributed by atoms with E-state index in [1.54, 1.807) is 0 Å². The SMILES string of the molecule is CC(C)(C)OC(=O)CC1CC12CCc1cc(C(=O)N3CCCC3)ccc12. The molecule has 2 atom stereocenters. The van der Waals surface area contributed by atoms with Crippen molar-refractivity contribution in [2.24, 2.45) is 5.92 Å². The van der Waals surface area contributed by atoms with E-state index in [9.17, 15) is 9.59 Å². The number of fused-ring (bicyclic) bond motifs is 2. The smallest absolute Gasteiger partial charge is 0.306 e. The second kappa shape index (κ2) is 6.11. The fraction of sp³-hybridized carbons (Fsp3) is 0.636. The molecule has 1 aromatic carbocycles. The third-order valence-corrected chi connectivity index (χ3v) is 6.19. The molecular weight excluding hydrogens is 326 g/mol. The minimum atomic E-state index is -0.419. The minimum absolute atomic E-state index is 0.0892. The number of rotatable bonds is 3. The Morgan fingerprint density at radius 2 is 1.96 bits per heavy atom. The van der Waals surface area contributed by atoms with Gasteiger partial charge in [0.05, 0.1) is 0 Å². The first-order chi connectivity index (χ1) is 12.3. The van der Waals surface area contributed by atoms with Crippen molar-refractivity contribution in [1.29, 1.82) is 0 Å². The molecule has 26 heavy (non-hydrogen) atoms. The van der Waals surface area contributed by atoms with Gasteiger partial charge in [-0.25, -0.2) is 0 Å². The molecule has 4 heteroatoms. The van der Waals surface area contributed by atoms with Crippen LogP contribution in [0.4, 0.5) is 0 Å². The molecule has 1 aromatic rings. The molecule has 1 saturated carbocycles. The molecule has 4 rings (SSSR count). The third-order valence-electron chi connectivity index (χ3n) is 6.19. The molecule has 1 aliphatic heterocycles. The van der Waals surface area contributed by atoms with Gasteiger partial charge in [0.1, 0.15) is 5.60 Å². The van der Waals surface area contributed by atoms with Crippen molar-refractivity contribution in [2.75, 3.05) is 13.1 Å². The van der Waals surface area contributed by atoms with Crippen LogP contribution in [-0.2, 0) is 21.4 Å². The van der Waals surface area contributed by atoms with Crippen LogP contribution in [0.15, 0.2) is 18.2 Å². The molecule has 1 spiro atoms. The Balaban J connectivity index is 1.46. The van der Waals surface area contributed by atoms with Gasteiger partial charge in [-0.2, -0.15) is 0 Å². The van der Waals surface area contributed by atoms with Gasteiger partial charge in [-0.05, 0) is 87.5 Å². The average Bonchev–Trinajstić information content (AvgIpc) is 2.93. The molecule has 1 amide bonds. The van der Waals surface area contributed by atoms with Gasteiger partial charge in [0.2, 0.25) is 0 Å². The molecule has 0 radical (unpaired) electrons. The topological polar surface area (TPSA) is 46.6 Å². The molecule has 140 valence electrons. The summed E-state index contributed by atoms with van der Waals surface area (Å²) in [5, 5.41) is 0. The number of esters is 1. The van der Waals surface area contributed by atoms with Crippen molar-refractivity contribution >= 4 is 11.9 Å². The van der Waals surface area contributed by atoms with E-state index in [-0.39, 0.29) is 17.3 Å². The lowest BCUT2D eigenvalue weighted by atomic mass is 9.93. The molecule has 0 aromatic heterocycles. The van der Waals surface area contributed by atoms with Gasteiger partial charge in [0.15, 0.2) is 0 Å². The standard InChI is InChI=1S/C22H29NO3/c1-21(2,3)26-19(24)13-17-14-22(17)9-8-15-12-16(6-7-18(15)22)20(25)23-10-4-5-11-23/h6-7,12,17H,4-5,8-11,13-14H2,1-3H3. The van der Waals surface area contributed by atoms with Crippen molar-refractivity contribution in [2.45, 2.75) is 70.3 Å². The summed E-state index contributed by atoms with van der Waals surface area (Å²) >= 11 is 0. The van der Waals surface area contributed by atoms with Gasteiger partial charge < -0.3 is 9.64 Å². The zero-order valence-electron chi connectivity index (χ0n) is 16.1. The summed E-state index contributed by atoms with van der Waals surface area (Å²) < 4.78 is 5.50. The number of likely N-dealkylation sites (tertiary alicyclic amines) is 1. The van der Waals surface area contributed by atoms with Crippen LogP contribution in [0.5, 0.6) is 0 Å². The number of nitrogens with zero attached hydrogens (tertiary/aromatic N) is 1. The number of ether oxygens (including phenoxy) is 1. The zero-order valence-corrected chi connectivity index (χ0v) is 16.1. The summed E-state index contributed by atoms with van der Waals surface area (Å²) in [5.41, 5.74) is 3.23. The van der Waals surface area contributed by atoms with E-state index in [2.05, 4.69) is 12.1 Å². The van der Waals surface area contributed by atoms with E-state index < -0.39 is 5.60 Å². The molecule has 3 aliphatic rings. The van der Waals surface area contributed by atoms with Gasteiger partial charge in [-0.3, -0.25) is 9.59 Å². The van der Waals surface area contributed by atoms with Crippen LogP contribution in [0, 0.1) is 5.92 Å². The van der Waals surface area contributed by atoms with Crippen molar-refractivity contribution in [3.63, 3.8) is 0 Å². The highest BCUT2D eigenvalue weighted by atomic mass is 16.6. The summed E-state index contributed by atoms with van der Waals surface area (Å²) in [6.07, 6.45) is 5.92. The van der Waals surface area contributed by atoms with Crippen molar-refractivity contribution < 1.29 is 14.3 Å². The number of carbonyl (C=O) groups is 2. The van der Waals surface area contributed by atoms with Crippen molar-refractivity contribution in [3.8, 4) is 0 Å². The number of hydrogen-bond donors (Lipinski definition) is 0. The first-order valence-corrected chi connectivity index (χ1v) is 9.93. The molecule has 2 unspecified atom stereocenters. The fourth-order valence-corrected chi connectivity index (χ4v) is 4.88. The largest absolute Gasteiger partial charge is 0.460 e. The lowest BCUT2D eigenvalue weighted by Gasteiger charge is -2.20. The van der Waals surface area contributed by atoms with Crippen LogP contribution in [-0.4, -0.2) is 35.5 Å². The van der Waals surface area contributed by atoms with Gasteiger partial charge in [0.25, 0.3) is 5.91 Å². The third kappa shape index (κ3) is 3.15. The van der Waals surface area contributed by atoms with Crippen molar-refractivity contribution in [1.82, 2.24) is 4.90 Å². The maximum absolute atomic E-state index is 12.6. The number of amides is 1. The summed E-state index contributed by atoms with van der Waals surface area (Å²) in [6.45, 7) is 7.52. The maximum atomic E-state index is 12.6. The predicted octanol–water partition coefficient (Wildman–Crippen LogP) is 3.86. The van der Waals surface area contributed by atoms with E-state index in [1.807, 2.05) is 31.7 Å². The van der Waals surface area contributed by atoms with Crippen LogP contribution in [0.25, 0.3) is 0 Å². The first kappa shape index (κ1) is 17.6. The quantitative estimate of drug-likeness (QED) is 0.774. The Bertz CT molecular complexity index is 742. The lowest BCUT2D eigenvalue weighted by Crippen LogP contribution is -2.27. The first-order valence-electron chi connectivity index (χ1n) is 9.93. The predicted molar refractivity (Wildman–Crippen MR) is 100 cm³/mol. The molecule has 1 heterocycles. The van der Waals surface area contributed by atoms with Crippen LogP contribution in [0.2, 0.25) is 0 Å². The van der Waals surface area contributed by atoms with E-state index in [1.165, 1.54) is 11.1 Å². The van der Waals surface area contributed by atoms with Gasteiger partial charge >= 0.3 is 5.97 Å². The monoisotopic (exact) mass is 355 g/mol. The summed E-state index contributed by atoms with van der Waals surface area (Å²) in [7, 11) is 0. The minimum Gasteiger partial charge on any atom is -0.460 e. The molecule has 0 N–H and O–H groups in total. The molecule has 0 bridgehead atoms. The van der Waals surface area contributed by atoms with Crippen LogP contribution >= 0.6 is 0 Å². The Kier molecular flexibility index (Phi) is 4.13. The van der Waals surface area contributed by atoms with Crippen LogP contribution in [0.1, 0.15) is 74.4 Å². The molecular formula is C22H29NO3. The molecule has 1 saturated heterocycles. The van der Waals surface area contributed by atoms with Crippen molar-refractivity contribution in [3.05, 3.63) is 34.9 Å². The maximum Gasteiger partial charge on any atom is 0.306 e. The molecule has 2 fully saturated rings.